The second kappa shape index (κ2) is 9.48. The van der Waals surface area contributed by atoms with E-state index in [-0.39, 0.29) is 29.2 Å². The molecule has 8 nitrogen and oxygen atoms in total. The Balaban J connectivity index is 1.45. The molecule has 0 fully saturated rings. The number of nitrogens with zero attached hydrogens (tertiary/aromatic N) is 2. The number of para-hydroxylation sites is 1. The lowest BCUT2D eigenvalue weighted by molar-refractivity contribution is -0.384. The summed E-state index contributed by atoms with van der Waals surface area (Å²) >= 11 is 0. The summed E-state index contributed by atoms with van der Waals surface area (Å²) in [7, 11) is 0. The number of nitro groups is 1. The maximum atomic E-state index is 13.2. The summed E-state index contributed by atoms with van der Waals surface area (Å²) in [6, 6.07) is 24.2. The summed E-state index contributed by atoms with van der Waals surface area (Å²) in [6.07, 6.45) is 3.52. The Labute approximate surface area is 198 Å². The number of benzene rings is 3. The van der Waals surface area contributed by atoms with Crippen molar-refractivity contribution in [2.75, 3.05) is 0 Å². The van der Waals surface area contributed by atoms with Crippen molar-refractivity contribution in [1.29, 1.82) is 0 Å². The summed E-state index contributed by atoms with van der Waals surface area (Å²) in [4.78, 5) is 23.8. The first-order chi connectivity index (χ1) is 17.1. The minimum absolute atomic E-state index is 0.0455. The van der Waals surface area contributed by atoms with Gasteiger partial charge in [0.15, 0.2) is 11.5 Å². The van der Waals surface area contributed by atoms with E-state index in [1.807, 2.05) is 36.4 Å². The highest BCUT2D eigenvalue weighted by atomic mass is 16.6. The predicted molar refractivity (Wildman–Crippen MR) is 131 cm³/mol. The van der Waals surface area contributed by atoms with Gasteiger partial charge in [0.1, 0.15) is 17.9 Å². The number of aromatic nitrogens is 1. The number of ether oxygens (including phenoxy) is 1. The van der Waals surface area contributed by atoms with E-state index in [9.17, 15) is 14.9 Å². The maximum Gasteiger partial charge on any atom is 0.270 e. The molecule has 35 heavy (non-hydrogen) atoms. The molecule has 0 aliphatic heterocycles. The highest BCUT2D eigenvalue weighted by Gasteiger charge is 2.16. The van der Waals surface area contributed by atoms with Crippen LogP contribution < -0.4 is 10.2 Å². The first-order valence-corrected chi connectivity index (χ1v) is 10.7. The molecule has 0 aliphatic carbocycles. The zero-order valence-corrected chi connectivity index (χ0v) is 18.3. The number of hydrogen-bond acceptors (Lipinski definition) is 7. The summed E-state index contributed by atoms with van der Waals surface area (Å²) in [6.45, 7) is -0.0861. The number of fused-ring (bicyclic) bond motifs is 1. The van der Waals surface area contributed by atoms with E-state index in [1.54, 1.807) is 48.5 Å². The van der Waals surface area contributed by atoms with Crippen LogP contribution in [0.4, 0.5) is 5.69 Å². The smallest absolute Gasteiger partial charge is 0.270 e. The highest BCUT2D eigenvalue weighted by molar-refractivity contribution is 5.81. The van der Waals surface area contributed by atoms with Gasteiger partial charge in [-0.1, -0.05) is 65.8 Å². The van der Waals surface area contributed by atoms with Gasteiger partial charge in [-0.25, -0.2) is 0 Å². The fourth-order valence-corrected chi connectivity index (χ4v) is 3.56. The van der Waals surface area contributed by atoms with Gasteiger partial charge in [-0.2, -0.15) is 0 Å². The van der Waals surface area contributed by atoms with E-state index >= 15 is 0 Å². The molecule has 172 valence electrons. The second-order valence-electron chi connectivity index (χ2n) is 7.64. The van der Waals surface area contributed by atoms with Crippen LogP contribution in [-0.2, 0) is 6.61 Å². The molecule has 0 unspecified atom stereocenters. The largest absolute Gasteiger partial charge is 0.478 e. The molecule has 2 heterocycles. The molecule has 0 aliphatic rings. The quantitative estimate of drug-likeness (QED) is 0.210. The lowest BCUT2D eigenvalue weighted by atomic mass is 10.1. The molecule has 0 bridgehead atoms. The average molecular weight is 466 g/mol. The second-order valence-corrected chi connectivity index (χ2v) is 7.64. The molecular formula is C27H18N2O6. The molecule has 5 rings (SSSR count). The van der Waals surface area contributed by atoms with Gasteiger partial charge < -0.3 is 13.7 Å². The molecule has 0 saturated carbocycles. The summed E-state index contributed by atoms with van der Waals surface area (Å²) in [5, 5.41) is 15.4. The standard InChI is InChI=1S/C27H18N2O6/c30-26-22-11-4-5-12-24(22)34-25(14-13-18-7-2-1-3-8-18)27(26)33-17-21-16-23(28-35-21)19-9-6-10-20(15-19)29(31)32/h1-16H,17H2/b14-13+. The third kappa shape index (κ3) is 4.72. The van der Waals surface area contributed by atoms with Crippen molar-refractivity contribution in [3.8, 4) is 17.0 Å². The Morgan fingerprint density at radius 1 is 0.943 bits per heavy atom. The van der Waals surface area contributed by atoms with Gasteiger partial charge in [0, 0.05) is 23.8 Å². The Kier molecular flexibility index (Phi) is 5.92. The van der Waals surface area contributed by atoms with Crippen LogP contribution in [0.2, 0.25) is 0 Å². The van der Waals surface area contributed by atoms with Crippen LogP contribution >= 0.6 is 0 Å². The maximum absolute atomic E-state index is 13.2. The topological polar surface area (TPSA) is 109 Å². The Bertz CT molecular complexity index is 1600. The monoisotopic (exact) mass is 466 g/mol. The number of hydrogen-bond donors (Lipinski definition) is 0. The van der Waals surface area contributed by atoms with Crippen LogP contribution in [0.3, 0.4) is 0 Å². The lowest BCUT2D eigenvalue weighted by Crippen LogP contribution is -2.10. The van der Waals surface area contributed by atoms with E-state index in [1.165, 1.54) is 12.1 Å². The van der Waals surface area contributed by atoms with Crippen molar-refractivity contribution < 1.29 is 18.6 Å². The minimum atomic E-state index is -0.475. The average Bonchev–Trinajstić information content (AvgIpc) is 3.37. The molecule has 5 aromatic rings. The van der Waals surface area contributed by atoms with Gasteiger partial charge >= 0.3 is 0 Å². The number of non-ortho nitro benzene ring substituents is 1. The Morgan fingerprint density at radius 3 is 2.57 bits per heavy atom. The van der Waals surface area contributed by atoms with Gasteiger partial charge in [0.2, 0.25) is 11.2 Å². The van der Waals surface area contributed by atoms with Gasteiger partial charge in [-0.15, -0.1) is 0 Å². The van der Waals surface area contributed by atoms with Crippen LogP contribution in [0, 0.1) is 10.1 Å². The molecule has 0 radical (unpaired) electrons. The fourth-order valence-electron chi connectivity index (χ4n) is 3.56. The third-order valence-electron chi connectivity index (χ3n) is 5.28. The van der Waals surface area contributed by atoms with Crippen LogP contribution in [0.5, 0.6) is 5.75 Å². The van der Waals surface area contributed by atoms with Crippen molar-refractivity contribution in [2.45, 2.75) is 6.61 Å². The molecule has 0 amide bonds. The van der Waals surface area contributed by atoms with Crippen molar-refractivity contribution in [3.05, 3.63) is 122 Å². The molecule has 8 heteroatoms. The van der Waals surface area contributed by atoms with Gasteiger partial charge in [-0.05, 0) is 23.8 Å². The highest BCUT2D eigenvalue weighted by Crippen LogP contribution is 2.26. The summed E-state index contributed by atoms with van der Waals surface area (Å²) in [5.41, 5.74) is 1.98. The Morgan fingerprint density at radius 2 is 1.74 bits per heavy atom. The fraction of sp³-hybridized carbons (Fsp3) is 0.0370. The van der Waals surface area contributed by atoms with Crippen LogP contribution in [-0.4, -0.2) is 10.1 Å². The SMILES string of the molecule is O=c1c(OCc2cc(-c3cccc([N+](=O)[O-])c3)no2)c(/C=C/c2ccccc2)oc2ccccc12. The van der Waals surface area contributed by atoms with Crippen LogP contribution in [0.25, 0.3) is 34.4 Å². The van der Waals surface area contributed by atoms with Crippen LogP contribution in [0.1, 0.15) is 17.1 Å². The molecule has 2 aromatic heterocycles. The predicted octanol–water partition coefficient (Wildman–Crippen LogP) is 6.11. The van der Waals surface area contributed by atoms with Crippen molar-refractivity contribution in [3.63, 3.8) is 0 Å². The van der Waals surface area contributed by atoms with E-state index in [0.29, 0.717) is 28.0 Å². The molecule has 0 saturated heterocycles. The van der Waals surface area contributed by atoms with Crippen molar-refractivity contribution in [1.82, 2.24) is 5.16 Å². The normalized spacial score (nSPS) is 11.2. The molecule has 0 spiro atoms. The number of nitro benzene ring substituents is 1. The molecular weight excluding hydrogens is 448 g/mol. The van der Waals surface area contributed by atoms with Crippen molar-refractivity contribution in [2.24, 2.45) is 0 Å². The van der Waals surface area contributed by atoms with E-state index in [2.05, 4.69) is 5.16 Å². The van der Waals surface area contributed by atoms with E-state index in [4.69, 9.17) is 13.7 Å². The van der Waals surface area contributed by atoms with Gasteiger partial charge in [0.25, 0.3) is 5.69 Å². The first kappa shape index (κ1) is 21.8. The molecule has 3 aromatic carbocycles. The third-order valence-corrected chi connectivity index (χ3v) is 5.28. The van der Waals surface area contributed by atoms with E-state index < -0.39 is 4.92 Å². The Hall–Kier alpha value is -4.98. The lowest BCUT2D eigenvalue weighted by Gasteiger charge is -2.08. The minimum Gasteiger partial charge on any atom is -0.478 e. The summed E-state index contributed by atoms with van der Waals surface area (Å²) < 4.78 is 17.2. The summed E-state index contributed by atoms with van der Waals surface area (Å²) in [5.74, 6) is 0.664. The van der Waals surface area contributed by atoms with Gasteiger partial charge in [0.05, 0.1) is 10.3 Å². The van der Waals surface area contributed by atoms with Crippen molar-refractivity contribution >= 4 is 28.8 Å². The van der Waals surface area contributed by atoms with Crippen LogP contribution in [0.15, 0.2) is 98.7 Å². The first-order valence-electron chi connectivity index (χ1n) is 10.7. The zero-order valence-electron chi connectivity index (χ0n) is 18.3. The number of rotatable bonds is 7. The zero-order chi connectivity index (χ0) is 24.2. The molecule has 0 atom stereocenters. The van der Waals surface area contributed by atoms with Gasteiger partial charge in [-0.3, -0.25) is 14.9 Å². The van der Waals surface area contributed by atoms with E-state index in [0.717, 1.165) is 5.56 Å². The molecule has 0 N–H and O–H groups in total.